The number of rotatable bonds is 7. The van der Waals surface area contributed by atoms with Crippen LogP contribution in [0.3, 0.4) is 0 Å². The molecule has 0 N–H and O–H groups in total. The quantitative estimate of drug-likeness (QED) is 0.114. The molecule has 2 heteroatoms. The number of nitrogens with zero attached hydrogens (tertiary/aromatic N) is 2. The van der Waals surface area contributed by atoms with Crippen LogP contribution in [-0.4, -0.2) is 10.3 Å². The van der Waals surface area contributed by atoms with Gasteiger partial charge in [0, 0.05) is 22.4 Å². The Labute approximate surface area is 341 Å². The van der Waals surface area contributed by atoms with Crippen LogP contribution in [-0.2, 0) is 19.4 Å². The van der Waals surface area contributed by atoms with Crippen LogP contribution in [0.15, 0.2) is 181 Å². The lowest BCUT2D eigenvalue weighted by Gasteiger charge is -2.38. The second kappa shape index (κ2) is 14.5. The van der Waals surface area contributed by atoms with Crippen molar-refractivity contribution in [3.8, 4) is 5.69 Å². The SMILES string of the molecule is C/C(=C\C(=N/Cc1ccccc1)c1ccccc1)c1ccc(C2Cc3cc4ccc(-n5c6ccccc6c6ccccc65)cc4cc3C3C=CCC32)c2c1C=CCC2. The molecule has 0 saturated heterocycles. The van der Waals surface area contributed by atoms with E-state index >= 15 is 0 Å². The summed E-state index contributed by atoms with van der Waals surface area (Å²) >= 11 is 0. The topological polar surface area (TPSA) is 17.3 Å². The van der Waals surface area contributed by atoms with Gasteiger partial charge in [-0.2, -0.15) is 0 Å². The number of allylic oxidation sites excluding steroid dienone is 5. The Balaban J connectivity index is 0.960. The first-order chi connectivity index (χ1) is 28.7. The van der Waals surface area contributed by atoms with E-state index in [0.29, 0.717) is 24.3 Å². The zero-order chi connectivity index (χ0) is 38.6. The van der Waals surface area contributed by atoms with E-state index in [9.17, 15) is 0 Å². The molecule has 2 nitrogen and oxygen atoms in total. The third-order valence-electron chi connectivity index (χ3n) is 13.2. The molecule has 1 aromatic heterocycles. The summed E-state index contributed by atoms with van der Waals surface area (Å²) in [7, 11) is 0. The Morgan fingerprint density at radius 2 is 1.45 bits per heavy atom. The van der Waals surface area contributed by atoms with Gasteiger partial charge in [0.1, 0.15) is 0 Å². The third-order valence-corrected chi connectivity index (χ3v) is 13.2. The van der Waals surface area contributed by atoms with E-state index in [-0.39, 0.29) is 0 Å². The minimum absolute atomic E-state index is 0.431. The Morgan fingerprint density at radius 1 is 0.707 bits per heavy atom. The Bertz CT molecular complexity index is 2940. The number of aliphatic imine (C=N–C) groups is 1. The van der Waals surface area contributed by atoms with E-state index < -0.39 is 0 Å². The first kappa shape index (κ1) is 34.7. The Hall–Kier alpha value is -6.51. The molecule has 0 fully saturated rings. The van der Waals surface area contributed by atoms with Crippen LogP contribution in [0.2, 0.25) is 0 Å². The number of hydrogen-bond acceptors (Lipinski definition) is 1. The number of aromatic nitrogens is 1. The molecule has 58 heavy (non-hydrogen) atoms. The van der Waals surface area contributed by atoms with Gasteiger partial charge in [-0.1, -0.05) is 152 Å². The van der Waals surface area contributed by atoms with Crippen molar-refractivity contribution in [2.24, 2.45) is 10.9 Å². The lowest BCUT2D eigenvalue weighted by atomic mass is 9.66. The highest BCUT2D eigenvalue weighted by Gasteiger charge is 2.39. The third kappa shape index (κ3) is 5.98. The van der Waals surface area contributed by atoms with Crippen LogP contribution in [0.1, 0.15) is 76.1 Å². The molecule has 0 amide bonds. The van der Waals surface area contributed by atoms with Crippen molar-refractivity contribution in [3.05, 3.63) is 220 Å². The maximum Gasteiger partial charge on any atom is 0.0653 e. The Kier molecular flexibility index (Phi) is 8.65. The fourth-order valence-electron chi connectivity index (χ4n) is 10.5. The fraction of sp³-hybridized carbons (Fsp3) is 0.161. The number of hydrogen-bond donors (Lipinski definition) is 0. The van der Waals surface area contributed by atoms with Gasteiger partial charge >= 0.3 is 0 Å². The molecule has 7 aromatic carbocycles. The maximum absolute atomic E-state index is 5.17. The fourth-order valence-corrected chi connectivity index (χ4v) is 10.5. The van der Waals surface area contributed by atoms with E-state index in [0.717, 1.165) is 37.0 Å². The molecule has 11 rings (SSSR count). The standard InChI is InChI=1S/C56H46N2/c1-37(31-54(39-17-6-3-7-18-39)57-36-38-15-4-2-5-16-38)44-29-30-49(46-20-9-8-19-45(44)46)53-35-42-32-40-27-28-43(33-41(40)34-52(42)47-23-14-24-48(47)53)58-55-25-12-10-21-50(55)51-22-11-13-26-56(51)58/h2-8,10-19,21-23,25-34,47-48,53H,9,20,24,35-36H2,1H3/b37-31+,57-54+. The van der Waals surface area contributed by atoms with Crippen molar-refractivity contribution >= 4 is 49.9 Å². The predicted molar refractivity (Wildman–Crippen MR) is 245 cm³/mol. The molecule has 0 aliphatic heterocycles. The Morgan fingerprint density at radius 3 is 2.24 bits per heavy atom. The van der Waals surface area contributed by atoms with Gasteiger partial charge in [-0.25, -0.2) is 0 Å². The molecule has 280 valence electrons. The van der Waals surface area contributed by atoms with Gasteiger partial charge < -0.3 is 4.57 Å². The van der Waals surface area contributed by atoms with Gasteiger partial charge in [0.25, 0.3) is 0 Å². The van der Waals surface area contributed by atoms with Gasteiger partial charge in [0.15, 0.2) is 0 Å². The minimum Gasteiger partial charge on any atom is -0.309 e. The van der Waals surface area contributed by atoms with Crippen LogP contribution in [0, 0.1) is 5.92 Å². The molecule has 1 heterocycles. The first-order valence-electron chi connectivity index (χ1n) is 21.0. The van der Waals surface area contributed by atoms with Crippen molar-refractivity contribution in [1.82, 2.24) is 4.57 Å². The second-order valence-corrected chi connectivity index (χ2v) is 16.5. The van der Waals surface area contributed by atoms with E-state index in [1.807, 2.05) is 0 Å². The highest BCUT2D eigenvalue weighted by Crippen LogP contribution is 2.52. The molecule has 0 radical (unpaired) electrons. The monoisotopic (exact) mass is 746 g/mol. The smallest absolute Gasteiger partial charge is 0.0653 e. The lowest BCUT2D eigenvalue weighted by Crippen LogP contribution is -2.26. The van der Waals surface area contributed by atoms with Crippen molar-refractivity contribution in [3.63, 3.8) is 0 Å². The molecule has 0 spiro atoms. The van der Waals surface area contributed by atoms with E-state index in [1.54, 1.807) is 11.1 Å². The van der Waals surface area contributed by atoms with Gasteiger partial charge in [-0.05, 0) is 136 Å². The molecular weight excluding hydrogens is 701 g/mol. The van der Waals surface area contributed by atoms with E-state index in [1.165, 1.54) is 71.7 Å². The van der Waals surface area contributed by atoms with Gasteiger partial charge in [0.05, 0.1) is 23.3 Å². The summed E-state index contributed by atoms with van der Waals surface area (Å²) in [4.78, 5) is 5.17. The summed E-state index contributed by atoms with van der Waals surface area (Å²) in [5.74, 6) is 1.48. The lowest BCUT2D eigenvalue weighted by molar-refractivity contribution is 0.380. The summed E-state index contributed by atoms with van der Waals surface area (Å²) in [5, 5.41) is 5.25. The molecule has 0 saturated carbocycles. The highest BCUT2D eigenvalue weighted by molar-refractivity contribution is 6.12. The predicted octanol–water partition coefficient (Wildman–Crippen LogP) is 14.0. The van der Waals surface area contributed by atoms with Crippen LogP contribution in [0.4, 0.5) is 0 Å². The average Bonchev–Trinajstić information content (AvgIpc) is 3.91. The number of benzene rings is 7. The maximum atomic E-state index is 5.17. The van der Waals surface area contributed by atoms with Gasteiger partial charge in [-0.15, -0.1) is 0 Å². The van der Waals surface area contributed by atoms with Crippen LogP contribution in [0.25, 0.3) is 49.9 Å². The molecule has 3 unspecified atom stereocenters. The van der Waals surface area contributed by atoms with Crippen molar-refractivity contribution in [2.45, 2.75) is 51.0 Å². The normalized spacial score (nSPS) is 18.8. The molecule has 0 bridgehead atoms. The molecular formula is C56H46N2. The summed E-state index contributed by atoms with van der Waals surface area (Å²) in [6, 6.07) is 55.9. The largest absolute Gasteiger partial charge is 0.309 e. The number of fused-ring (bicyclic) bond motifs is 8. The van der Waals surface area contributed by atoms with Crippen LogP contribution in [0.5, 0.6) is 0 Å². The highest BCUT2D eigenvalue weighted by atomic mass is 15.0. The zero-order valence-corrected chi connectivity index (χ0v) is 33.0. The first-order valence-corrected chi connectivity index (χ1v) is 21.0. The summed E-state index contributed by atoms with van der Waals surface area (Å²) in [6.07, 6.45) is 16.5. The van der Waals surface area contributed by atoms with Crippen molar-refractivity contribution in [2.75, 3.05) is 0 Å². The summed E-state index contributed by atoms with van der Waals surface area (Å²) < 4.78 is 2.44. The van der Waals surface area contributed by atoms with Crippen LogP contribution >= 0.6 is 0 Å². The molecule has 3 aliphatic rings. The van der Waals surface area contributed by atoms with Crippen molar-refractivity contribution in [1.29, 1.82) is 0 Å². The van der Waals surface area contributed by atoms with Crippen molar-refractivity contribution < 1.29 is 0 Å². The molecule has 3 aliphatic carbocycles. The molecule has 8 aromatic rings. The van der Waals surface area contributed by atoms with E-state index in [4.69, 9.17) is 4.99 Å². The average molecular weight is 747 g/mol. The molecule has 3 atom stereocenters. The zero-order valence-electron chi connectivity index (χ0n) is 33.0. The summed E-state index contributed by atoms with van der Waals surface area (Å²) in [5.41, 5.74) is 17.2. The van der Waals surface area contributed by atoms with Gasteiger partial charge in [0.2, 0.25) is 0 Å². The van der Waals surface area contributed by atoms with Crippen LogP contribution < -0.4 is 0 Å². The minimum atomic E-state index is 0.431. The second-order valence-electron chi connectivity index (χ2n) is 16.5. The van der Waals surface area contributed by atoms with Gasteiger partial charge in [-0.3, -0.25) is 4.99 Å². The number of para-hydroxylation sites is 2. The van der Waals surface area contributed by atoms with E-state index in [2.05, 4.69) is 194 Å². The summed E-state index contributed by atoms with van der Waals surface area (Å²) in [6.45, 7) is 2.92.